The highest BCUT2D eigenvalue weighted by molar-refractivity contribution is 6.08. The Morgan fingerprint density at radius 1 is 1.15 bits per heavy atom. The molecular formula is C14H11FN2O3. The van der Waals surface area contributed by atoms with E-state index in [4.69, 9.17) is 10.8 Å². The minimum Gasteiger partial charge on any atom is -0.478 e. The van der Waals surface area contributed by atoms with Crippen molar-refractivity contribution in [2.24, 2.45) is 0 Å². The Bertz CT molecular complexity index is 686. The van der Waals surface area contributed by atoms with Crippen LogP contribution in [0.1, 0.15) is 20.7 Å². The predicted molar refractivity (Wildman–Crippen MR) is 72.2 cm³/mol. The van der Waals surface area contributed by atoms with Crippen LogP contribution < -0.4 is 11.1 Å². The van der Waals surface area contributed by atoms with Crippen LogP contribution in [0.4, 0.5) is 15.8 Å². The average molecular weight is 274 g/mol. The summed E-state index contributed by atoms with van der Waals surface area (Å²) in [5.41, 5.74) is 5.46. The molecule has 0 aliphatic heterocycles. The molecule has 4 N–H and O–H groups in total. The van der Waals surface area contributed by atoms with E-state index in [1.54, 1.807) is 12.1 Å². The van der Waals surface area contributed by atoms with E-state index in [2.05, 4.69) is 5.32 Å². The van der Waals surface area contributed by atoms with Gasteiger partial charge in [-0.3, -0.25) is 4.79 Å². The van der Waals surface area contributed by atoms with Crippen LogP contribution in [0.2, 0.25) is 0 Å². The van der Waals surface area contributed by atoms with E-state index < -0.39 is 17.7 Å². The van der Waals surface area contributed by atoms with Crippen LogP contribution in [-0.2, 0) is 0 Å². The summed E-state index contributed by atoms with van der Waals surface area (Å²) in [6, 6.07) is 9.62. The Balaban J connectivity index is 2.35. The fourth-order valence-corrected chi connectivity index (χ4v) is 1.70. The van der Waals surface area contributed by atoms with Gasteiger partial charge in [0.05, 0.1) is 11.3 Å². The Hall–Kier alpha value is -2.89. The van der Waals surface area contributed by atoms with Crippen molar-refractivity contribution < 1.29 is 19.1 Å². The van der Waals surface area contributed by atoms with Gasteiger partial charge in [0.25, 0.3) is 5.91 Å². The summed E-state index contributed by atoms with van der Waals surface area (Å²) >= 11 is 0. The van der Waals surface area contributed by atoms with Crippen molar-refractivity contribution in [2.75, 3.05) is 11.1 Å². The molecule has 0 radical (unpaired) electrons. The van der Waals surface area contributed by atoms with Crippen molar-refractivity contribution in [3.05, 3.63) is 59.4 Å². The van der Waals surface area contributed by atoms with Crippen LogP contribution in [0.15, 0.2) is 42.5 Å². The van der Waals surface area contributed by atoms with Crippen molar-refractivity contribution >= 4 is 23.3 Å². The van der Waals surface area contributed by atoms with Crippen LogP contribution in [0, 0.1) is 5.82 Å². The zero-order valence-electron chi connectivity index (χ0n) is 10.3. The molecule has 0 unspecified atom stereocenters. The molecule has 0 aliphatic carbocycles. The number of hydrogen-bond donors (Lipinski definition) is 3. The van der Waals surface area contributed by atoms with Crippen LogP contribution in [0.3, 0.4) is 0 Å². The molecule has 6 heteroatoms. The number of carbonyl (C=O) groups is 2. The summed E-state index contributed by atoms with van der Waals surface area (Å²) in [6.45, 7) is 0. The van der Waals surface area contributed by atoms with Gasteiger partial charge < -0.3 is 16.2 Å². The molecule has 2 aromatic rings. The van der Waals surface area contributed by atoms with E-state index >= 15 is 0 Å². The molecule has 0 spiro atoms. The van der Waals surface area contributed by atoms with Gasteiger partial charge in [0.1, 0.15) is 5.82 Å². The second-order valence-corrected chi connectivity index (χ2v) is 4.05. The number of para-hydroxylation sites is 1. The third-order valence-electron chi connectivity index (χ3n) is 2.63. The van der Waals surface area contributed by atoms with Gasteiger partial charge in [0.2, 0.25) is 0 Å². The molecule has 5 nitrogen and oxygen atoms in total. The van der Waals surface area contributed by atoms with Crippen LogP contribution in [0.25, 0.3) is 0 Å². The first-order valence-electron chi connectivity index (χ1n) is 5.67. The number of hydrogen-bond acceptors (Lipinski definition) is 3. The molecular weight excluding hydrogens is 263 g/mol. The molecule has 2 aromatic carbocycles. The van der Waals surface area contributed by atoms with Gasteiger partial charge in [-0.05, 0) is 30.3 Å². The van der Waals surface area contributed by atoms with Gasteiger partial charge in [-0.1, -0.05) is 12.1 Å². The topological polar surface area (TPSA) is 92.4 Å². The molecule has 0 heterocycles. The maximum Gasteiger partial charge on any atom is 0.337 e. The zero-order chi connectivity index (χ0) is 14.7. The number of nitrogens with two attached hydrogens (primary N) is 1. The van der Waals surface area contributed by atoms with Crippen molar-refractivity contribution in [3.8, 4) is 0 Å². The Labute approximate surface area is 113 Å². The molecule has 0 aromatic heterocycles. The fourth-order valence-electron chi connectivity index (χ4n) is 1.70. The highest BCUT2D eigenvalue weighted by Crippen LogP contribution is 2.21. The standard InChI is InChI=1S/C14H11FN2O3/c15-11-6-2-5-10(14(19)20)12(11)17-13(18)8-3-1-4-9(16)7-8/h1-7H,16H2,(H,17,18)(H,19,20). The Kier molecular flexibility index (Phi) is 3.65. The number of carbonyl (C=O) groups excluding carboxylic acids is 1. The number of nitrogen functional groups attached to an aromatic ring is 1. The third-order valence-corrected chi connectivity index (χ3v) is 2.63. The number of amides is 1. The van der Waals surface area contributed by atoms with Crippen molar-refractivity contribution in [1.82, 2.24) is 0 Å². The van der Waals surface area contributed by atoms with E-state index in [1.807, 2.05) is 0 Å². The molecule has 0 bridgehead atoms. The summed E-state index contributed by atoms with van der Waals surface area (Å²) < 4.78 is 13.7. The lowest BCUT2D eigenvalue weighted by atomic mass is 10.1. The van der Waals surface area contributed by atoms with Crippen LogP contribution >= 0.6 is 0 Å². The summed E-state index contributed by atoms with van der Waals surface area (Å²) in [5.74, 6) is -2.78. The smallest absolute Gasteiger partial charge is 0.337 e. The van der Waals surface area contributed by atoms with Gasteiger partial charge >= 0.3 is 5.97 Å². The lowest BCUT2D eigenvalue weighted by Gasteiger charge is -2.09. The van der Waals surface area contributed by atoms with Gasteiger partial charge in [-0.15, -0.1) is 0 Å². The van der Waals surface area contributed by atoms with E-state index in [-0.39, 0.29) is 16.8 Å². The minimum absolute atomic E-state index is 0.213. The number of nitrogens with one attached hydrogen (secondary N) is 1. The number of rotatable bonds is 3. The second kappa shape index (κ2) is 5.40. The molecule has 0 saturated heterocycles. The number of halogens is 1. The first-order valence-corrected chi connectivity index (χ1v) is 5.67. The molecule has 0 saturated carbocycles. The Morgan fingerprint density at radius 2 is 1.85 bits per heavy atom. The molecule has 0 fully saturated rings. The Morgan fingerprint density at radius 3 is 2.50 bits per heavy atom. The van der Waals surface area contributed by atoms with E-state index in [0.29, 0.717) is 5.69 Å². The molecule has 102 valence electrons. The average Bonchev–Trinajstić information content (AvgIpc) is 2.40. The highest BCUT2D eigenvalue weighted by atomic mass is 19.1. The van der Waals surface area contributed by atoms with Gasteiger partial charge in [-0.25, -0.2) is 9.18 Å². The molecule has 0 aliphatic rings. The fraction of sp³-hybridized carbons (Fsp3) is 0. The van der Waals surface area contributed by atoms with E-state index in [1.165, 1.54) is 24.3 Å². The summed E-state index contributed by atoms with van der Waals surface area (Å²) in [7, 11) is 0. The lowest BCUT2D eigenvalue weighted by molar-refractivity contribution is 0.0697. The van der Waals surface area contributed by atoms with Crippen molar-refractivity contribution in [1.29, 1.82) is 0 Å². The summed E-state index contributed by atoms with van der Waals surface area (Å²) in [6.07, 6.45) is 0. The summed E-state index contributed by atoms with van der Waals surface area (Å²) in [5, 5.41) is 11.2. The molecule has 2 rings (SSSR count). The number of aromatic carboxylic acids is 1. The number of anilines is 2. The molecule has 1 amide bonds. The zero-order valence-corrected chi connectivity index (χ0v) is 10.3. The maximum absolute atomic E-state index is 13.7. The third kappa shape index (κ3) is 2.74. The predicted octanol–water partition coefficient (Wildman–Crippen LogP) is 2.36. The van der Waals surface area contributed by atoms with E-state index in [9.17, 15) is 14.0 Å². The highest BCUT2D eigenvalue weighted by Gasteiger charge is 2.17. The maximum atomic E-state index is 13.7. The second-order valence-electron chi connectivity index (χ2n) is 4.05. The van der Waals surface area contributed by atoms with Crippen molar-refractivity contribution in [3.63, 3.8) is 0 Å². The van der Waals surface area contributed by atoms with Crippen LogP contribution in [-0.4, -0.2) is 17.0 Å². The lowest BCUT2D eigenvalue weighted by Crippen LogP contribution is -2.16. The number of carboxylic acids is 1. The van der Waals surface area contributed by atoms with Crippen molar-refractivity contribution in [2.45, 2.75) is 0 Å². The molecule has 0 atom stereocenters. The number of carboxylic acid groups (broad SMARTS) is 1. The van der Waals surface area contributed by atoms with Gasteiger partial charge in [0.15, 0.2) is 0 Å². The first kappa shape index (κ1) is 13.5. The normalized spacial score (nSPS) is 10.1. The SMILES string of the molecule is Nc1cccc(C(=O)Nc2c(F)cccc2C(=O)O)c1. The quantitative estimate of drug-likeness (QED) is 0.749. The minimum atomic E-state index is -1.33. The number of benzene rings is 2. The molecule has 20 heavy (non-hydrogen) atoms. The van der Waals surface area contributed by atoms with Gasteiger partial charge in [0, 0.05) is 11.3 Å². The summed E-state index contributed by atoms with van der Waals surface area (Å²) in [4.78, 5) is 23.0. The van der Waals surface area contributed by atoms with E-state index in [0.717, 1.165) is 6.07 Å². The largest absolute Gasteiger partial charge is 0.478 e. The van der Waals surface area contributed by atoms with Crippen LogP contribution in [0.5, 0.6) is 0 Å². The monoisotopic (exact) mass is 274 g/mol. The van der Waals surface area contributed by atoms with Gasteiger partial charge in [-0.2, -0.15) is 0 Å². The first-order chi connectivity index (χ1) is 9.49.